The Kier molecular flexibility index (Phi) is 44.5. The van der Waals surface area contributed by atoms with E-state index < -0.39 is 175 Å². The van der Waals surface area contributed by atoms with E-state index in [1.165, 1.54) is 42.9 Å². The van der Waals surface area contributed by atoms with Crippen molar-refractivity contribution >= 4 is 84.0 Å². The first kappa shape index (κ1) is 112. The van der Waals surface area contributed by atoms with Crippen LogP contribution in [0.4, 0.5) is 13.2 Å². The van der Waals surface area contributed by atoms with Crippen LogP contribution in [0.5, 0.6) is 0 Å². The average molecular weight is 2050 g/mol. The van der Waals surface area contributed by atoms with Crippen molar-refractivity contribution in [3.05, 3.63) is 169 Å². The number of nitrogens with zero attached hydrogens (tertiary/aromatic N) is 3. The Hall–Kier alpha value is -8.03. The summed E-state index contributed by atoms with van der Waals surface area (Å²) < 4.78 is 180. The van der Waals surface area contributed by atoms with Crippen LogP contribution in [0.25, 0.3) is 0 Å². The van der Waals surface area contributed by atoms with E-state index in [9.17, 15) is 113 Å². The van der Waals surface area contributed by atoms with Crippen LogP contribution >= 0.6 is 66.3 Å². The molecule has 12 atom stereocenters. The number of amides is 3. The summed E-state index contributed by atoms with van der Waals surface area (Å²) >= 11 is 0. The molecule has 0 saturated carbocycles. The van der Waals surface area contributed by atoms with Gasteiger partial charge in [0.25, 0.3) is 11.8 Å². The molecule has 728 valence electrons. The number of carbonyl (C=O) groups excluding carboxylic acids is 3. The van der Waals surface area contributed by atoms with Crippen molar-refractivity contribution in [3.63, 3.8) is 0 Å². The summed E-state index contributed by atoms with van der Waals surface area (Å²) in [5.74, 6) is 13.4. The maximum atomic E-state index is 12.5. The SMILES string of the molecule is NCCOCC#CCc1cn([C@H]2CC[C@@H](COP(OO)(OOO)([P+](=O)[O-])[P+](=O)[O-])O2)c(=O)[nH]c1=O.NCc1ccc(C(=O)NCCOCC#CCc2cn([C@H]3CC[C@@H](COP(OO)(OOO)([P+](=O)[O-])[P+](=O)[O-])O3)c(=O)[nH]c2=O)cc1.O=C(NCCOCC#CCc1cn([C@H]2CC[C@@H](COP(OO)(OOO)([P+](=O)[O-])[P+](=O)[O-])O2)c(=O)[nH]c1=O)c1ccc(CNC(=O)C(F)(F)F)cc1.[HH].[HH].[HH]. The van der Waals surface area contributed by atoms with E-state index in [4.69, 9.17) is 85.0 Å². The molecule has 0 bridgehead atoms. The minimum Gasteiger partial charge on any atom is -0.344 e. The van der Waals surface area contributed by atoms with Gasteiger partial charge in [0.1, 0.15) is 0 Å². The number of rotatable bonds is 46. The summed E-state index contributed by atoms with van der Waals surface area (Å²) in [6.45, 7) is -20.8. The second-order valence-electron chi connectivity index (χ2n) is 26.1. The normalized spacial score (nSPS) is 18.3. The van der Waals surface area contributed by atoms with Gasteiger partial charge in [-0.05, 0) is 35.4 Å². The third-order valence-corrected chi connectivity index (χ3v) is 46.9. The maximum Gasteiger partial charge on any atom is 0.471 e. The van der Waals surface area contributed by atoms with Crippen LogP contribution in [0, 0.1) is 35.5 Å². The Morgan fingerprint density at radius 3 is 1.03 bits per heavy atom. The summed E-state index contributed by atoms with van der Waals surface area (Å²) in [4.78, 5) is 186. The zero-order chi connectivity index (χ0) is 97.0. The minimum atomic E-state index is -6.51. The molecule has 3 saturated heterocycles. The Morgan fingerprint density at radius 2 is 0.763 bits per heavy atom. The number of ether oxygens (including phenoxy) is 6. The number of halogens is 3. The molecule has 3 aromatic heterocycles. The molecular weight excluding hydrogens is 1970 g/mol. The summed E-state index contributed by atoms with van der Waals surface area (Å²) in [5, 5.41) is 69.3. The van der Waals surface area contributed by atoms with Crippen molar-refractivity contribution in [1.82, 2.24) is 44.6 Å². The van der Waals surface area contributed by atoms with Crippen LogP contribution in [0.3, 0.4) is 0 Å². The van der Waals surface area contributed by atoms with Crippen molar-refractivity contribution in [2.45, 2.75) is 114 Å². The van der Waals surface area contributed by atoms with Gasteiger partial charge in [-0.2, -0.15) is 13.2 Å². The molecule has 3 amide bonds. The molecule has 0 spiro atoms. The average Bonchev–Trinajstić information content (AvgIpc) is 0.999. The molecular formula is C63H85F3N11O45P9. The van der Waals surface area contributed by atoms with Gasteiger partial charge in [-0.25, -0.2) is 0 Å². The van der Waals surface area contributed by atoms with Gasteiger partial charge in [-0.15, -0.1) is 0 Å². The summed E-state index contributed by atoms with van der Waals surface area (Å²) in [7, 11) is -26.1. The Bertz CT molecular complexity index is 5450. The molecule has 2 aromatic carbocycles. The first-order valence-corrected chi connectivity index (χ1v) is 54.0. The van der Waals surface area contributed by atoms with E-state index in [1.807, 2.05) is 0 Å². The summed E-state index contributed by atoms with van der Waals surface area (Å²) in [5.41, 5.74) is 8.48. The van der Waals surface area contributed by atoms with Gasteiger partial charge in [-0.1, -0.05) is 24.3 Å². The Balaban J connectivity index is 0.000000520. The van der Waals surface area contributed by atoms with Crippen LogP contribution in [0.1, 0.15) is 110 Å². The fraction of sp³-hybridized carbons (Fsp3) is 0.476. The van der Waals surface area contributed by atoms with Gasteiger partial charge >= 0.3 is 534 Å². The molecule has 131 heavy (non-hydrogen) atoms. The maximum absolute atomic E-state index is 12.5. The number of nitrogens with two attached hydrogens (primary N) is 2. The number of nitrogens with one attached hydrogen (secondary N) is 6. The molecule has 3 aliphatic heterocycles. The quantitative estimate of drug-likeness (QED) is 0.00819. The third kappa shape index (κ3) is 29.0. The van der Waals surface area contributed by atoms with Crippen LogP contribution < -0.4 is 90.5 Å². The minimum absolute atomic E-state index is 0. The zero-order valence-electron chi connectivity index (χ0n) is 66.8. The standard InChI is InChI=1S/C25H28F3N4O16P3.C23H29N4O15P3.C15H22N3O14P3.3H2/c26-25(27,28)23(35)30-13-16-4-6-17(7-5-16)21(33)29-10-12-43-11-2-1-3-18-14-32(24(36)31-22(18)34)20-9-8-19(45-20)15-44-51(47-38,48-46-37,49(39)40)50(41)42;24-13-16-4-6-17(7-5-16)21(28)25-10-12-37-11-2-1-3-18-14-27(23(30)26-22(18)29)20-9-8-19(39-20)15-38-45(41-32,42-40-31,43(33)34)44(35)36;16-6-8-27-7-2-1-3-11-9-18(15(20)17-14(11)19)13-5-4-12(29-13)10-28-35(31-22,32-30-21,33(23)24)34(25)26;;;/h4-7,14,19-20,37-38H,3,8-13,15H2,(H,29,33)(H,30,35)(H,31,34,36);4-7,14,19-20,31-32H,3,8-13,15,24H2,(H,25,28)(H,26,29,30);9,12-13,21-22H,3-8,10,16H2,(H,17,19,20);3*1H/t2*19-,20+;12-,13+;;;/m000.../s1. The van der Waals surface area contributed by atoms with E-state index in [2.05, 4.69) is 104 Å². The monoisotopic (exact) mass is 2050 g/mol. The molecule has 0 radical (unpaired) electrons. The topological polar surface area (TPSA) is 832 Å². The largest absolute Gasteiger partial charge is 0.471 e. The third-order valence-electron chi connectivity index (χ3n) is 17.7. The summed E-state index contributed by atoms with van der Waals surface area (Å²) in [6.07, 6.45) is -7.10. The van der Waals surface area contributed by atoms with Crippen LogP contribution in [-0.2, 0) is 150 Å². The van der Waals surface area contributed by atoms with Crippen molar-refractivity contribution in [3.8, 4) is 35.5 Å². The predicted octanol–water partition coefficient (Wildman–Crippen LogP) is 0.307. The smallest absolute Gasteiger partial charge is 0.344 e. The fourth-order valence-electron chi connectivity index (χ4n) is 11.0. The van der Waals surface area contributed by atoms with E-state index in [1.54, 1.807) is 29.6 Å². The molecule has 5 aromatic rings. The molecule has 16 N–H and O–H groups in total. The molecule has 6 heterocycles. The van der Waals surface area contributed by atoms with Gasteiger partial charge in [0.15, 0.2) is 0 Å². The van der Waals surface area contributed by atoms with E-state index in [0.717, 1.165) is 19.3 Å². The number of aromatic nitrogens is 6. The first-order valence-electron chi connectivity index (χ1n) is 36.7. The number of hydrogen-bond acceptors (Lipinski definition) is 47. The summed E-state index contributed by atoms with van der Waals surface area (Å²) in [6, 6.07) is 12.4. The fourth-order valence-corrected chi connectivity index (χ4v) is 24.4. The van der Waals surface area contributed by atoms with Crippen molar-refractivity contribution < 1.29 is 205 Å². The molecule has 0 aliphatic carbocycles. The molecule has 6 unspecified atom stereocenters. The number of benzene rings is 2. The molecule has 3 aliphatic rings. The van der Waals surface area contributed by atoms with Crippen molar-refractivity contribution in [2.75, 3.05) is 79.1 Å². The van der Waals surface area contributed by atoms with Crippen LogP contribution in [0.15, 0.2) is 95.9 Å². The number of aromatic amines is 3. The second-order valence-corrected chi connectivity index (χ2v) is 56.6. The van der Waals surface area contributed by atoms with Gasteiger partial charge in [0.05, 0.1) is 19.8 Å². The van der Waals surface area contributed by atoms with Crippen molar-refractivity contribution in [1.29, 1.82) is 0 Å². The van der Waals surface area contributed by atoms with E-state index in [0.29, 0.717) is 30.8 Å². The number of carbonyl (C=O) groups is 3. The molecule has 8 rings (SSSR count). The van der Waals surface area contributed by atoms with Gasteiger partial charge in [0.2, 0.25) is 0 Å². The van der Waals surface area contributed by atoms with Crippen molar-refractivity contribution in [2.24, 2.45) is 11.5 Å². The Labute approximate surface area is 739 Å². The van der Waals surface area contributed by atoms with E-state index in [-0.39, 0.29) is 143 Å². The van der Waals surface area contributed by atoms with Gasteiger partial charge < -0.3 is 41.6 Å². The Morgan fingerprint density at radius 1 is 0.466 bits per heavy atom. The van der Waals surface area contributed by atoms with Crippen LogP contribution in [0.2, 0.25) is 0 Å². The van der Waals surface area contributed by atoms with Gasteiger partial charge in [-0.3, -0.25) is 14.4 Å². The van der Waals surface area contributed by atoms with Gasteiger partial charge in [0, 0.05) is 48.1 Å². The second kappa shape index (κ2) is 52.2. The molecule has 56 nitrogen and oxygen atoms in total. The van der Waals surface area contributed by atoms with Crippen LogP contribution in [-0.4, -0.2) is 182 Å². The molecule has 3 fully saturated rings. The zero-order valence-corrected chi connectivity index (χ0v) is 74.9. The number of alkyl halides is 3. The molecule has 68 heteroatoms. The first-order chi connectivity index (χ1) is 62.2. The number of hydrogen-bond donors (Lipinski definition) is 14. The number of H-pyrrole nitrogens is 3. The predicted molar refractivity (Wildman–Crippen MR) is 429 cm³/mol. The van der Waals surface area contributed by atoms with E-state index >= 15 is 0 Å².